The van der Waals surface area contributed by atoms with Crippen molar-refractivity contribution in [1.29, 1.82) is 0 Å². The third-order valence-corrected chi connectivity index (χ3v) is 2.29. The molecule has 1 radical (unpaired) electrons. The number of nitrogens with zero attached hydrogens (tertiary/aromatic N) is 1. The lowest BCUT2D eigenvalue weighted by atomic mass is 10.0. The Labute approximate surface area is 60.1 Å². The van der Waals surface area contributed by atoms with Crippen molar-refractivity contribution in [3.8, 4) is 0 Å². The Morgan fingerprint density at radius 3 is 1.50 bits per heavy atom. The lowest BCUT2D eigenvalue weighted by molar-refractivity contribution is 0.533. The molecule has 4 nitrogen and oxygen atoms in total. The highest BCUT2D eigenvalue weighted by molar-refractivity contribution is 4.88. The number of fused-ring (bicyclic) bond motifs is 1. The van der Waals surface area contributed by atoms with Gasteiger partial charge in [-0.3, -0.25) is 0 Å². The van der Waals surface area contributed by atoms with Crippen LogP contribution in [0, 0.1) is 16.7 Å². The van der Waals surface area contributed by atoms with Gasteiger partial charge in [0, 0.05) is 0 Å². The zero-order valence-electron chi connectivity index (χ0n) is 5.84. The average Bonchev–Trinajstić information content (AvgIpc) is 2.49. The van der Waals surface area contributed by atoms with E-state index in [1.54, 1.807) is 0 Å². The molecular weight excluding hydrogens is 130 g/mol. The number of nitroso groups, excluding NO2 is 1. The van der Waals surface area contributed by atoms with Gasteiger partial charge < -0.3 is 10.6 Å². The minimum atomic E-state index is 0.954. The van der Waals surface area contributed by atoms with Crippen molar-refractivity contribution >= 4 is 0 Å². The summed E-state index contributed by atoms with van der Waals surface area (Å²) in [5.41, 5.74) is 5.75. The molecule has 2 fully saturated rings. The molecule has 57 valence electrons. The molecule has 2 aliphatic rings. The fourth-order valence-electron chi connectivity index (χ4n) is 1.72. The first-order valence-electron chi connectivity index (χ1n) is 3.56. The Bertz CT molecular complexity index is 89.2. The molecule has 0 amide bonds. The fraction of sp³-hybridized carbons (Fsp3) is 1.00. The largest absolute Gasteiger partial charge is 0.316 e. The van der Waals surface area contributed by atoms with E-state index in [0.717, 1.165) is 11.8 Å². The van der Waals surface area contributed by atoms with Crippen LogP contribution < -0.4 is 16.2 Å². The lowest BCUT2D eigenvalue weighted by Gasteiger charge is -2.01. The van der Waals surface area contributed by atoms with Gasteiger partial charge >= 0.3 is 0 Å². The Balaban J connectivity index is 0.000000231. The molecule has 0 aromatic carbocycles. The predicted octanol–water partition coefficient (Wildman–Crippen LogP) is -1.02. The van der Waals surface area contributed by atoms with E-state index in [9.17, 15) is 0 Å². The maximum Gasteiger partial charge on any atom is 0.120 e. The van der Waals surface area contributed by atoms with E-state index in [1.165, 1.54) is 26.2 Å². The smallest absolute Gasteiger partial charge is 0.120 e. The van der Waals surface area contributed by atoms with Gasteiger partial charge in [0.05, 0.1) is 0 Å². The molecule has 0 aromatic rings. The molecule has 2 N–H and O–H groups in total. The standard InChI is InChI=1S/C6H12N2.NO/c1-5-2-8-4-6(5)3-7-1;1-2/h5-8H,1-4H2;. The van der Waals surface area contributed by atoms with Crippen LogP contribution in [0.2, 0.25) is 0 Å². The summed E-state index contributed by atoms with van der Waals surface area (Å²) in [5.74, 6) is 1.91. The Kier molecular flexibility index (Phi) is 2.77. The highest BCUT2D eigenvalue weighted by Crippen LogP contribution is 2.19. The normalized spacial score (nSPS) is 36.4. The third-order valence-electron chi connectivity index (χ3n) is 2.29. The zero-order valence-corrected chi connectivity index (χ0v) is 5.84. The SMILES string of the molecule is C1NCC2CNCC12.[N]=O. The summed E-state index contributed by atoms with van der Waals surface area (Å²) in [5, 5.41) is 6.77. The molecule has 0 atom stereocenters. The average molecular weight is 142 g/mol. The second-order valence-corrected chi connectivity index (χ2v) is 2.84. The molecule has 0 spiro atoms. The van der Waals surface area contributed by atoms with Gasteiger partial charge in [0.15, 0.2) is 0 Å². The maximum atomic E-state index is 7.25. The van der Waals surface area contributed by atoms with E-state index in [1.807, 2.05) is 0 Å². The van der Waals surface area contributed by atoms with E-state index in [0.29, 0.717) is 0 Å². The monoisotopic (exact) mass is 142 g/mol. The van der Waals surface area contributed by atoms with Gasteiger partial charge in [-0.05, 0) is 38.0 Å². The van der Waals surface area contributed by atoms with Crippen molar-refractivity contribution in [3.63, 3.8) is 0 Å². The summed E-state index contributed by atoms with van der Waals surface area (Å²) in [7, 11) is 0. The van der Waals surface area contributed by atoms with Crippen molar-refractivity contribution in [3.05, 3.63) is 4.91 Å². The highest BCUT2D eigenvalue weighted by atomic mass is 16.2. The Morgan fingerprint density at radius 2 is 1.20 bits per heavy atom. The van der Waals surface area contributed by atoms with Gasteiger partial charge in [0.1, 0.15) is 5.59 Å². The number of hydrogen-bond donors (Lipinski definition) is 2. The fourth-order valence-corrected chi connectivity index (χ4v) is 1.72. The molecule has 2 saturated heterocycles. The van der Waals surface area contributed by atoms with Gasteiger partial charge in [-0.15, -0.1) is 4.91 Å². The summed E-state index contributed by atoms with van der Waals surface area (Å²) in [4.78, 5) is 7.25. The number of nitrogens with one attached hydrogen (secondary N) is 2. The molecule has 0 unspecified atom stereocenters. The summed E-state index contributed by atoms with van der Waals surface area (Å²) in [6.07, 6.45) is 0. The summed E-state index contributed by atoms with van der Waals surface area (Å²) >= 11 is 0. The molecular formula is C6H12N3O. The summed E-state index contributed by atoms with van der Waals surface area (Å²) in [6.45, 7) is 4.99. The first kappa shape index (κ1) is 7.63. The van der Waals surface area contributed by atoms with Crippen LogP contribution in [0.3, 0.4) is 0 Å². The van der Waals surface area contributed by atoms with Crippen molar-refractivity contribution in [2.45, 2.75) is 0 Å². The van der Waals surface area contributed by atoms with Crippen molar-refractivity contribution in [2.24, 2.45) is 11.8 Å². The second kappa shape index (κ2) is 3.63. The Morgan fingerprint density at radius 1 is 0.900 bits per heavy atom. The minimum absolute atomic E-state index is 0.954. The van der Waals surface area contributed by atoms with Crippen LogP contribution >= 0.6 is 0 Å². The second-order valence-electron chi connectivity index (χ2n) is 2.84. The van der Waals surface area contributed by atoms with Crippen molar-refractivity contribution in [1.82, 2.24) is 16.2 Å². The van der Waals surface area contributed by atoms with E-state index in [-0.39, 0.29) is 0 Å². The topological polar surface area (TPSA) is 63.4 Å². The Hall–Kier alpha value is -0.480. The van der Waals surface area contributed by atoms with E-state index >= 15 is 0 Å². The van der Waals surface area contributed by atoms with E-state index in [2.05, 4.69) is 10.6 Å². The number of rotatable bonds is 0. The molecule has 2 rings (SSSR count). The molecule has 0 aromatic heterocycles. The predicted molar refractivity (Wildman–Crippen MR) is 38.2 cm³/mol. The molecule has 4 heteroatoms. The van der Waals surface area contributed by atoms with Crippen LogP contribution in [0.4, 0.5) is 0 Å². The van der Waals surface area contributed by atoms with Crippen molar-refractivity contribution in [2.75, 3.05) is 26.2 Å². The molecule has 0 bridgehead atoms. The van der Waals surface area contributed by atoms with Gasteiger partial charge in [-0.1, -0.05) is 0 Å². The van der Waals surface area contributed by atoms with Gasteiger partial charge in [0.25, 0.3) is 0 Å². The van der Waals surface area contributed by atoms with Crippen LogP contribution in [0.5, 0.6) is 0 Å². The molecule has 2 aliphatic heterocycles. The van der Waals surface area contributed by atoms with Crippen LogP contribution in [0.25, 0.3) is 0 Å². The summed E-state index contributed by atoms with van der Waals surface area (Å²) in [6, 6.07) is 0. The van der Waals surface area contributed by atoms with Gasteiger partial charge in [-0.2, -0.15) is 0 Å². The van der Waals surface area contributed by atoms with E-state index < -0.39 is 0 Å². The highest BCUT2D eigenvalue weighted by Gasteiger charge is 2.30. The van der Waals surface area contributed by atoms with Gasteiger partial charge in [0.2, 0.25) is 0 Å². The minimum Gasteiger partial charge on any atom is -0.316 e. The van der Waals surface area contributed by atoms with Crippen LogP contribution in [-0.2, 0) is 0 Å². The molecule has 2 heterocycles. The van der Waals surface area contributed by atoms with E-state index in [4.69, 9.17) is 10.5 Å². The first-order chi connectivity index (χ1) is 4.97. The molecule has 0 aliphatic carbocycles. The summed E-state index contributed by atoms with van der Waals surface area (Å²) < 4.78 is 0. The molecule has 0 saturated carbocycles. The quantitative estimate of drug-likeness (QED) is 0.455. The van der Waals surface area contributed by atoms with Crippen molar-refractivity contribution < 1.29 is 0 Å². The maximum absolute atomic E-state index is 7.25. The lowest BCUT2D eigenvalue weighted by Crippen LogP contribution is -2.19. The number of hydrogen-bond acceptors (Lipinski definition) is 3. The van der Waals surface area contributed by atoms with Crippen LogP contribution in [0.1, 0.15) is 0 Å². The molecule has 10 heavy (non-hydrogen) atoms. The van der Waals surface area contributed by atoms with Crippen LogP contribution in [-0.4, -0.2) is 26.2 Å². The zero-order chi connectivity index (χ0) is 7.40. The third kappa shape index (κ3) is 1.33. The van der Waals surface area contributed by atoms with Crippen LogP contribution in [0.15, 0.2) is 0 Å². The van der Waals surface area contributed by atoms with Gasteiger partial charge in [-0.25, -0.2) is 0 Å². The first-order valence-corrected chi connectivity index (χ1v) is 3.56.